The van der Waals surface area contributed by atoms with Crippen molar-refractivity contribution in [2.24, 2.45) is 35.2 Å². The summed E-state index contributed by atoms with van der Waals surface area (Å²) in [5.41, 5.74) is 27.3. The van der Waals surface area contributed by atoms with Crippen LogP contribution in [0, 0.1) is 41.5 Å². The number of hydrogen-bond acceptors (Lipinski definition) is 1. The minimum Gasteiger partial charge on any atom is -0.238 e. The van der Waals surface area contributed by atoms with E-state index in [9.17, 15) is 0 Å². The third-order valence-corrected chi connectivity index (χ3v) is 24.6. The molecule has 122 heavy (non-hydrogen) atoms. The lowest BCUT2D eigenvalue weighted by Gasteiger charge is -2.20. The molecule has 0 atom stereocenters. The molecule has 0 amide bonds. The van der Waals surface area contributed by atoms with E-state index in [2.05, 4.69) is 479 Å². The Hall–Kier alpha value is -13.9. The molecule has 0 N–H and O–H groups in total. The highest BCUT2D eigenvalue weighted by Gasteiger charge is 2.30. The molecule has 0 aliphatic carbocycles. The molecule has 11 heteroatoms. The van der Waals surface area contributed by atoms with E-state index < -0.39 is 0 Å². The summed E-state index contributed by atoms with van der Waals surface area (Å²) in [6, 6.07) is 105. The second-order valence-electron chi connectivity index (χ2n) is 34.6. The molecule has 0 aliphatic rings. The number of fused-ring (bicyclic) bond motifs is 15. The van der Waals surface area contributed by atoms with E-state index >= 15 is 0 Å². The van der Waals surface area contributed by atoms with Crippen LogP contribution in [0.4, 0.5) is 0 Å². The van der Waals surface area contributed by atoms with Gasteiger partial charge in [0.15, 0.2) is 0 Å². The topological polar surface area (TPSA) is 56.9 Å². The van der Waals surface area contributed by atoms with Gasteiger partial charge in [0.05, 0.1) is 66.2 Å². The Kier molecular flexibility index (Phi) is 21.8. The number of benzene rings is 11. The van der Waals surface area contributed by atoms with Gasteiger partial charge in [-0.2, -0.15) is 22.8 Å². The second-order valence-corrected chi connectivity index (χ2v) is 34.6. The summed E-state index contributed by atoms with van der Waals surface area (Å²) in [6.45, 7) is 29.1. The van der Waals surface area contributed by atoms with Crippen molar-refractivity contribution in [1.29, 1.82) is 0 Å². The van der Waals surface area contributed by atoms with Crippen molar-refractivity contribution < 1.29 is 22.8 Å². The molecular formula is C111H110N11+5. The van der Waals surface area contributed by atoms with Crippen LogP contribution in [0.2, 0.25) is 0 Å². The molecule has 0 saturated heterocycles. The van der Waals surface area contributed by atoms with Crippen LogP contribution in [0.5, 0.6) is 0 Å². The first kappa shape index (κ1) is 80.5. The van der Waals surface area contributed by atoms with Crippen molar-refractivity contribution in [3.05, 3.63) is 378 Å². The third kappa shape index (κ3) is 14.5. The van der Waals surface area contributed by atoms with Crippen LogP contribution >= 0.6 is 0 Å². The zero-order chi connectivity index (χ0) is 85.1. The van der Waals surface area contributed by atoms with Crippen molar-refractivity contribution in [1.82, 2.24) is 27.8 Å². The van der Waals surface area contributed by atoms with Crippen molar-refractivity contribution in [3.8, 4) is 40.3 Å². The Balaban J connectivity index is 0.000000110. The highest BCUT2D eigenvalue weighted by molar-refractivity contribution is 6.14. The SMILES string of the molecule is Cc1cc[n+](C)c(-n2c3ccccc3c3cccc(C)c32)c1.Cc1cccc2c3ccccc3n(-c3cc(-c4c(C(C)C)cccc4C(C)C)cc[n+]3C)c12.Cc1cccc2c3ccccc3n(-c3cc(C(C)(C)C)cc[n+]3C)c12.Cc1cccc2c3ccccc3n(-c3cccc[n+]3C)c12.Cc1cccc2c3ccccc3n(-c3nccc[n+]3C)c12. The highest BCUT2D eigenvalue weighted by Crippen LogP contribution is 2.42. The van der Waals surface area contributed by atoms with Crippen LogP contribution in [0.15, 0.2) is 328 Å². The predicted octanol–water partition coefficient (Wildman–Crippen LogP) is 24.5. The molecule has 604 valence electrons. The Morgan fingerprint density at radius 1 is 0.270 bits per heavy atom. The molecule has 21 aromatic rings. The van der Waals surface area contributed by atoms with Gasteiger partial charge in [0.1, 0.15) is 61.4 Å². The molecule has 10 aromatic heterocycles. The van der Waals surface area contributed by atoms with Crippen LogP contribution in [-0.2, 0) is 40.7 Å². The van der Waals surface area contributed by atoms with Gasteiger partial charge in [-0.3, -0.25) is 0 Å². The van der Waals surface area contributed by atoms with E-state index in [4.69, 9.17) is 0 Å². The summed E-state index contributed by atoms with van der Waals surface area (Å²) < 4.78 is 22.7. The summed E-state index contributed by atoms with van der Waals surface area (Å²) in [5, 5.41) is 13.0. The standard InChI is InChI=1S/C31H33N2.C23H25N2.C20H19N2.C19H17N2.C18H16N3/c1-20(2)24-13-10-14-25(21(3)4)30(24)23-17-18-32(6)29(19-23)33-28-16-8-7-12-26(28)27-15-9-11-22(5)31(27)33;1-16-9-8-11-19-18-10-6-7-12-20(18)25(22(16)19)21-15-17(23(2,3)4)13-14-24(21)5;1-14-11-12-21(3)19(13-14)22-18-10-5-4-8-16(18)17-9-6-7-15(2)20(17)22;1-14-8-7-10-16-15-9-3-4-11-17(15)21(19(14)16)18-12-5-6-13-20(18)2;1-13-7-5-9-15-14-8-3-4-10-16(14)21(17(13)15)18-19-11-6-12-20(18)2/h7-21H,1-6H3;6-15H,1-5H3;4-13H,1-3H3;3-13H,1-2H3;3-12H,1-2H3/q5*+1. The Labute approximate surface area is 716 Å². The number of hydrogen-bond donors (Lipinski definition) is 0. The van der Waals surface area contributed by atoms with Gasteiger partial charge in [-0.15, -0.1) is 0 Å². The number of pyridine rings is 4. The van der Waals surface area contributed by atoms with Crippen LogP contribution in [0.3, 0.4) is 0 Å². The van der Waals surface area contributed by atoms with Crippen molar-refractivity contribution in [2.45, 2.75) is 107 Å². The van der Waals surface area contributed by atoms with Crippen LogP contribution < -0.4 is 22.8 Å². The second kappa shape index (κ2) is 33.0. The number of rotatable bonds is 8. The maximum atomic E-state index is 4.59. The van der Waals surface area contributed by atoms with Crippen molar-refractivity contribution in [3.63, 3.8) is 0 Å². The fourth-order valence-corrected chi connectivity index (χ4v) is 18.5. The normalized spacial score (nSPS) is 11.7. The minimum absolute atomic E-state index is 0.122. The van der Waals surface area contributed by atoms with Gasteiger partial charge < -0.3 is 0 Å². The van der Waals surface area contributed by atoms with Gasteiger partial charge in [-0.25, -0.2) is 22.8 Å². The molecule has 0 bridgehead atoms. The van der Waals surface area contributed by atoms with E-state index in [-0.39, 0.29) is 5.41 Å². The van der Waals surface area contributed by atoms with E-state index in [1.807, 2.05) is 25.5 Å². The predicted molar refractivity (Wildman–Crippen MR) is 508 cm³/mol. The van der Waals surface area contributed by atoms with E-state index in [1.165, 1.54) is 193 Å². The zero-order valence-corrected chi connectivity index (χ0v) is 73.8. The highest BCUT2D eigenvalue weighted by atomic mass is 15.2. The van der Waals surface area contributed by atoms with Gasteiger partial charge in [0.2, 0.25) is 0 Å². The third-order valence-electron chi connectivity index (χ3n) is 24.6. The largest absolute Gasteiger partial charge is 0.403 e. The first-order valence-electron chi connectivity index (χ1n) is 42.8. The molecular weight excluding hydrogens is 1490 g/mol. The maximum Gasteiger partial charge on any atom is 0.403 e. The molecule has 21 rings (SSSR count). The summed E-state index contributed by atoms with van der Waals surface area (Å²) in [5.74, 6) is 6.61. The molecule has 10 heterocycles. The fourth-order valence-electron chi connectivity index (χ4n) is 18.5. The number of aryl methyl sites for hydroxylation is 11. The summed E-state index contributed by atoms with van der Waals surface area (Å²) in [7, 11) is 10.5. The zero-order valence-electron chi connectivity index (χ0n) is 73.8. The van der Waals surface area contributed by atoms with Gasteiger partial charge in [0, 0.05) is 84.2 Å². The summed E-state index contributed by atoms with van der Waals surface area (Å²) in [4.78, 5) is 4.59. The van der Waals surface area contributed by atoms with Crippen molar-refractivity contribution in [2.75, 3.05) is 0 Å². The van der Waals surface area contributed by atoms with Gasteiger partial charge >= 0.3 is 5.95 Å². The summed E-state index contributed by atoms with van der Waals surface area (Å²) in [6.07, 6.45) is 12.5. The van der Waals surface area contributed by atoms with Gasteiger partial charge in [-0.05, 0) is 223 Å². The number of para-hydroxylation sites is 10. The number of nitrogens with zero attached hydrogens (tertiary/aromatic N) is 11. The van der Waals surface area contributed by atoms with Crippen LogP contribution in [0.1, 0.15) is 110 Å². The average molecular weight is 1600 g/mol. The lowest BCUT2D eigenvalue weighted by atomic mass is 9.85. The fraction of sp³-hybridized carbons (Fsp3) is 0.189. The minimum atomic E-state index is 0.122. The smallest absolute Gasteiger partial charge is 0.238 e. The summed E-state index contributed by atoms with van der Waals surface area (Å²) >= 11 is 0. The van der Waals surface area contributed by atoms with Crippen LogP contribution in [-0.4, -0.2) is 27.8 Å². The molecule has 0 spiro atoms. The van der Waals surface area contributed by atoms with E-state index in [0.717, 1.165) is 5.95 Å². The maximum absolute atomic E-state index is 4.59. The molecule has 11 aromatic carbocycles. The van der Waals surface area contributed by atoms with E-state index in [1.54, 1.807) is 0 Å². The quantitative estimate of drug-likeness (QED) is 0.140. The molecule has 0 radical (unpaired) electrons. The molecule has 0 saturated carbocycles. The molecule has 0 aliphatic heterocycles. The Bertz CT molecular complexity index is 7400. The Morgan fingerprint density at radius 2 is 0.582 bits per heavy atom. The Morgan fingerprint density at radius 3 is 0.967 bits per heavy atom. The van der Waals surface area contributed by atoms with Crippen LogP contribution in [0.25, 0.3) is 149 Å². The van der Waals surface area contributed by atoms with Gasteiger partial charge in [-0.1, -0.05) is 211 Å². The van der Waals surface area contributed by atoms with Gasteiger partial charge in [0.25, 0.3) is 23.3 Å². The van der Waals surface area contributed by atoms with Crippen molar-refractivity contribution >= 4 is 109 Å². The molecule has 0 unspecified atom stereocenters. The molecule has 0 fully saturated rings. The first-order chi connectivity index (χ1) is 59.0. The monoisotopic (exact) mass is 1600 g/mol. The number of aromatic nitrogens is 11. The van der Waals surface area contributed by atoms with E-state index in [0.29, 0.717) is 11.8 Å². The lowest BCUT2D eigenvalue weighted by molar-refractivity contribution is -0.668. The average Bonchev–Trinajstić information content (AvgIpc) is 1.60. The lowest BCUT2D eigenvalue weighted by Crippen LogP contribution is -2.34. The molecule has 11 nitrogen and oxygen atoms in total. The first-order valence-corrected chi connectivity index (χ1v) is 42.8.